The quantitative estimate of drug-likeness (QED) is 0.697. The highest BCUT2D eigenvalue weighted by atomic mass is 16.4. The van der Waals surface area contributed by atoms with E-state index < -0.39 is 5.97 Å². The van der Waals surface area contributed by atoms with E-state index in [0.29, 0.717) is 11.2 Å². The van der Waals surface area contributed by atoms with Crippen molar-refractivity contribution in [2.24, 2.45) is 0 Å². The fourth-order valence-electron chi connectivity index (χ4n) is 1.20. The molecule has 0 aromatic carbocycles. The van der Waals surface area contributed by atoms with Crippen molar-refractivity contribution < 1.29 is 9.90 Å². The van der Waals surface area contributed by atoms with Gasteiger partial charge in [0.2, 0.25) is 0 Å². The van der Waals surface area contributed by atoms with Crippen LogP contribution in [0, 0.1) is 6.92 Å². The van der Waals surface area contributed by atoms with E-state index in [1.807, 2.05) is 0 Å². The Morgan fingerprint density at radius 2 is 2.38 bits per heavy atom. The Kier molecular flexibility index (Phi) is 1.51. The van der Waals surface area contributed by atoms with Crippen LogP contribution in [0.15, 0.2) is 18.5 Å². The van der Waals surface area contributed by atoms with Gasteiger partial charge < -0.3 is 5.11 Å². The summed E-state index contributed by atoms with van der Waals surface area (Å²) < 4.78 is 1.46. The Morgan fingerprint density at radius 3 is 3.00 bits per heavy atom. The molecule has 2 aromatic heterocycles. The van der Waals surface area contributed by atoms with Gasteiger partial charge in [-0.1, -0.05) is 0 Å². The number of carbonyl (C=O) groups is 1. The zero-order valence-corrected chi connectivity index (χ0v) is 6.93. The summed E-state index contributed by atoms with van der Waals surface area (Å²) in [5, 5.41) is 12.6. The molecular weight excluding hydrogens is 170 g/mol. The van der Waals surface area contributed by atoms with Crippen molar-refractivity contribution in [2.75, 3.05) is 0 Å². The summed E-state index contributed by atoms with van der Waals surface area (Å²) in [4.78, 5) is 14.7. The maximum absolute atomic E-state index is 10.7. The summed E-state index contributed by atoms with van der Waals surface area (Å²) >= 11 is 0. The van der Waals surface area contributed by atoms with Crippen LogP contribution < -0.4 is 0 Å². The summed E-state index contributed by atoms with van der Waals surface area (Å²) in [7, 11) is 0. The summed E-state index contributed by atoms with van der Waals surface area (Å²) in [6.07, 6.45) is 3.28. The second-order valence-corrected chi connectivity index (χ2v) is 2.67. The monoisotopic (exact) mass is 177 g/mol. The summed E-state index contributed by atoms with van der Waals surface area (Å²) in [6, 6.07) is 1.70. The minimum atomic E-state index is -1.02. The van der Waals surface area contributed by atoms with Gasteiger partial charge in [-0.05, 0) is 13.0 Å². The van der Waals surface area contributed by atoms with E-state index in [-0.39, 0.29) is 5.69 Å². The number of aromatic nitrogens is 3. The van der Waals surface area contributed by atoms with Crippen LogP contribution in [0.25, 0.3) is 5.65 Å². The summed E-state index contributed by atoms with van der Waals surface area (Å²) in [6.45, 7) is 1.69. The lowest BCUT2D eigenvalue weighted by molar-refractivity contribution is 0.0689. The number of rotatable bonds is 1. The van der Waals surface area contributed by atoms with Gasteiger partial charge in [-0.25, -0.2) is 14.3 Å². The van der Waals surface area contributed by atoms with Crippen LogP contribution in [-0.4, -0.2) is 25.7 Å². The average molecular weight is 177 g/mol. The number of nitrogens with zero attached hydrogens (tertiary/aromatic N) is 3. The van der Waals surface area contributed by atoms with E-state index in [2.05, 4.69) is 10.1 Å². The normalized spacial score (nSPS) is 10.5. The molecule has 0 saturated heterocycles. The summed E-state index contributed by atoms with van der Waals surface area (Å²) in [5.41, 5.74) is 1.23. The highest BCUT2D eigenvalue weighted by Crippen LogP contribution is 2.11. The number of aromatic carboxylic acids is 1. The van der Waals surface area contributed by atoms with E-state index in [0.717, 1.165) is 0 Å². The number of carboxylic acids is 1. The van der Waals surface area contributed by atoms with Gasteiger partial charge in [0.05, 0.1) is 0 Å². The molecule has 0 aliphatic carbocycles. The third-order valence-corrected chi connectivity index (χ3v) is 1.83. The van der Waals surface area contributed by atoms with Crippen molar-refractivity contribution in [3.05, 3.63) is 29.7 Å². The number of carboxylic acid groups (broad SMARTS) is 1. The van der Waals surface area contributed by atoms with Crippen molar-refractivity contribution in [2.45, 2.75) is 6.92 Å². The van der Waals surface area contributed by atoms with Crippen LogP contribution in [0.2, 0.25) is 0 Å². The SMILES string of the molecule is Cc1c(C(=O)O)nn2cccnc12. The van der Waals surface area contributed by atoms with Crippen molar-refractivity contribution in [3.63, 3.8) is 0 Å². The van der Waals surface area contributed by atoms with Gasteiger partial charge in [0.1, 0.15) is 0 Å². The Bertz CT molecular complexity index is 475. The van der Waals surface area contributed by atoms with Gasteiger partial charge >= 0.3 is 5.97 Å². The fourth-order valence-corrected chi connectivity index (χ4v) is 1.20. The fraction of sp³-hybridized carbons (Fsp3) is 0.125. The molecule has 2 heterocycles. The molecule has 2 aromatic rings. The molecule has 0 aliphatic rings. The molecular formula is C8H7N3O2. The second kappa shape index (κ2) is 2.55. The van der Waals surface area contributed by atoms with Gasteiger partial charge in [0.25, 0.3) is 0 Å². The Labute approximate surface area is 73.6 Å². The lowest BCUT2D eigenvalue weighted by Gasteiger charge is -1.88. The molecule has 0 unspecified atom stereocenters. The maximum Gasteiger partial charge on any atom is 0.356 e. The number of hydrogen-bond acceptors (Lipinski definition) is 3. The van der Waals surface area contributed by atoms with E-state index in [9.17, 15) is 4.79 Å². The molecule has 0 amide bonds. The molecule has 2 rings (SSSR count). The van der Waals surface area contributed by atoms with Gasteiger partial charge in [-0.15, -0.1) is 0 Å². The highest BCUT2D eigenvalue weighted by molar-refractivity contribution is 5.89. The molecule has 5 nitrogen and oxygen atoms in total. The number of fused-ring (bicyclic) bond motifs is 1. The van der Waals surface area contributed by atoms with Crippen LogP contribution in [0.5, 0.6) is 0 Å². The first-order valence-corrected chi connectivity index (χ1v) is 3.73. The first-order chi connectivity index (χ1) is 6.20. The third-order valence-electron chi connectivity index (χ3n) is 1.83. The van der Waals surface area contributed by atoms with Crippen molar-refractivity contribution in [1.82, 2.24) is 14.6 Å². The zero-order valence-electron chi connectivity index (χ0n) is 6.93. The Morgan fingerprint density at radius 1 is 1.62 bits per heavy atom. The predicted octanol–water partition coefficient (Wildman–Crippen LogP) is 0.736. The average Bonchev–Trinajstić information content (AvgIpc) is 2.45. The van der Waals surface area contributed by atoms with E-state index in [1.165, 1.54) is 4.52 Å². The van der Waals surface area contributed by atoms with Crippen LogP contribution in [0.4, 0.5) is 0 Å². The Hall–Kier alpha value is -1.91. The first-order valence-electron chi connectivity index (χ1n) is 3.73. The second-order valence-electron chi connectivity index (χ2n) is 2.67. The van der Waals surface area contributed by atoms with E-state index >= 15 is 0 Å². The molecule has 1 N–H and O–H groups in total. The standard InChI is InChI=1S/C8H7N3O2/c1-5-6(8(12)13)10-11-4-2-3-9-7(5)11/h2-4H,1H3,(H,12,13). The van der Waals surface area contributed by atoms with Crippen molar-refractivity contribution in [1.29, 1.82) is 0 Å². The molecule has 13 heavy (non-hydrogen) atoms. The van der Waals surface area contributed by atoms with Gasteiger partial charge in [0.15, 0.2) is 11.3 Å². The van der Waals surface area contributed by atoms with Crippen LogP contribution >= 0.6 is 0 Å². The van der Waals surface area contributed by atoms with E-state index in [1.54, 1.807) is 25.4 Å². The predicted molar refractivity (Wildman–Crippen MR) is 44.7 cm³/mol. The van der Waals surface area contributed by atoms with Crippen molar-refractivity contribution in [3.8, 4) is 0 Å². The molecule has 0 radical (unpaired) electrons. The highest BCUT2D eigenvalue weighted by Gasteiger charge is 2.14. The van der Waals surface area contributed by atoms with Gasteiger partial charge in [0, 0.05) is 18.0 Å². The third kappa shape index (κ3) is 1.05. The zero-order chi connectivity index (χ0) is 9.42. The molecule has 0 atom stereocenters. The molecule has 0 fully saturated rings. The van der Waals surface area contributed by atoms with Crippen LogP contribution in [-0.2, 0) is 0 Å². The molecule has 0 spiro atoms. The maximum atomic E-state index is 10.7. The van der Waals surface area contributed by atoms with Gasteiger partial charge in [-0.3, -0.25) is 0 Å². The lowest BCUT2D eigenvalue weighted by Crippen LogP contribution is -1.99. The molecule has 66 valence electrons. The molecule has 0 saturated carbocycles. The molecule has 0 bridgehead atoms. The smallest absolute Gasteiger partial charge is 0.356 e. The van der Waals surface area contributed by atoms with Crippen molar-refractivity contribution >= 4 is 11.6 Å². The largest absolute Gasteiger partial charge is 0.476 e. The van der Waals surface area contributed by atoms with Crippen LogP contribution in [0.3, 0.4) is 0 Å². The van der Waals surface area contributed by atoms with E-state index in [4.69, 9.17) is 5.11 Å². The Balaban J connectivity index is 2.81. The lowest BCUT2D eigenvalue weighted by atomic mass is 10.3. The number of hydrogen-bond donors (Lipinski definition) is 1. The van der Waals surface area contributed by atoms with Crippen LogP contribution in [0.1, 0.15) is 16.1 Å². The topological polar surface area (TPSA) is 67.5 Å². The first kappa shape index (κ1) is 7.72. The number of aryl methyl sites for hydroxylation is 1. The molecule has 0 aliphatic heterocycles. The molecule has 5 heteroatoms. The van der Waals surface area contributed by atoms with Gasteiger partial charge in [-0.2, -0.15) is 5.10 Å². The minimum absolute atomic E-state index is 0.0544. The minimum Gasteiger partial charge on any atom is -0.476 e. The summed E-state index contributed by atoms with van der Waals surface area (Å²) in [5.74, 6) is -1.02.